The summed E-state index contributed by atoms with van der Waals surface area (Å²) < 4.78 is 4.59. The fourth-order valence-electron chi connectivity index (χ4n) is 0.676. The van der Waals surface area contributed by atoms with E-state index in [0.29, 0.717) is 5.92 Å². The average molecular weight is 172 g/mol. The maximum absolute atomic E-state index is 11.2. The molecule has 0 aromatic carbocycles. The highest BCUT2D eigenvalue weighted by Crippen LogP contribution is 2.10. The molecule has 70 valence electrons. The smallest absolute Gasteiger partial charge is 0.303 e. The second-order valence-electron chi connectivity index (χ2n) is 3.28. The van der Waals surface area contributed by atoms with E-state index < -0.39 is 5.97 Å². The van der Waals surface area contributed by atoms with E-state index in [0.717, 1.165) is 0 Å². The molecule has 0 radical (unpaired) electrons. The fourth-order valence-corrected chi connectivity index (χ4v) is 0.676. The summed E-state index contributed by atoms with van der Waals surface area (Å²) in [6.07, 6.45) is 0. The first-order valence-corrected chi connectivity index (χ1v) is 4.11. The van der Waals surface area contributed by atoms with Gasteiger partial charge in [-0.15, -0.1) is 0 Å². The summed E-state index contributed by atoms with van der Waals surface area (Å²) in [7, 11) is 0. The normalized spacial score (nSPS) is 12.8. The summed E-state index contributed by atoms with van der Waals surface area (Å²) >= 11 is 0. The van der Waals surface area contributed by atoms with Gasteiger partial charge in [-0.2, -0.15) is 0 Å². The molecule has 3 nitrogen and oxygen atoms in total. The molecule has 0 aliphatic rings. The molecular formula is C9H16O3. The van der Waals surface area contributed by atoms with Gasteiger partial charge in [0.25, 0.3) is 0 Å². The number of carbonyl (C=O) groups is 2. The molecule has 0 N–H and O–H groups in total. The van der Waals surface area contributed by atoms with Gasteiger partial charge in [0.05, 0.1) is 0 Å². The van der Waals surface area contributed by atoms with Gasteiger partial charge in [0.1, 0.15) is 6.61 Å². The Labute approximate surface area is 73.1 Å². The van der Waals surface area contributed by atoms with Crippen molar-refractivity contribution < 1.29 is 14.3 Å². The number of ketones is 1. The van der Waals surface area contributed by atoms with Crippen molar-refractivity contribution in [3.63, 3.8) is 0 Å². The van der Waals surface area contributed by atoms with Crippen molar-refractivity contribution in [1.82, 2.24) is 0 Å². The number of ether oxygens (including phenoxy) is 1. The molecule has 12 heavy (non-hydrogen) atoms. The van der Waals surface area contributed by atoms with Crippen molar-refractivity contribution in [3.8, 4) is 0 Å². The van der Waals surface area contributed by atoms with Gasteiger partial charge in [0.15, 0.2) is 5.78 Å². The van der Waals surface area contributed by atoms with Crippen LogP contribution in [0.3, 0.4) is 0 Å². The summed E-state index contributed by atoms with van der Waals surface area (Å²) in [4.78, 5) is 21.6. The molecule has 0 aromatic heterocycles. The van der Waals surface area contributed by atoms with E-state index in [1.54, 1.807) is 0 Å². The summed E-state index contributed by atoms with van der Waals surface area (Å²) in [6, 6.07) is 0. The summed E-state index contributed by atoms with van der Waals surface area (Å²) in [5, 5.41) is 0. The van der Waals surface area contributed by atoms with Crippen LogP contribution in [-0.2, 0) is 14.3 Å². The molecule has 0 aromatic rings. The monoisotopic (exact) mass is 172 g/mol. The van der Waals surface area contributed by atoms with Crippen molar-refractivity contribution in [2.75, 3.05) is 6.61 Å². The van der Waals surface area contributed by atoms with Gasteiger partial charge >= 0.3 is 5.97 Å². The van der Waals surface area contributed by atoms with Gasteiger partial charge in [0, 0.05) is 12.8 Å². The van der Waals surface area contributed by atoms with Gasteiger partial charge in [-0.25, -0.2) is 0 Å². The number of hydrogen-bond donors (Lipinski definition) is 0. The van der Waals surface area contributed by atoms with Crippen molar-refractivity contribution in [2.45, 2.75) is 27.7 Å². The van der Waals surface area contributed by atoms with Crippen LogP contribution in [0.1, 0.15) is 27.7 Å². The lowest BCUT2D eigenvalue weighted by molar-refractivity contribution is -0.147. The SMILES string of the molecule is CC(=O)OCC(=O)[C@@H](C)C(C)C. The van der Waals surface area contributed by atoms with Crippen LogP contribution in [0.2, 0.25) is 0 Å². The first-order valence-electron chi connectivity index (χ1n) is 4.11. The lowest BCUT2D eigenvalue weighted by Gasteiger charge is -2.13. The summed E-state index contributed by atoms with van der Waals surface area (Å²) in [5.41, 5.74) is 0. The van der Waals surface area contributed by atoms with Crippen molar-refractivity contribution in [2.24, 2.45) is 11.8 Å². The molecule has 3 heteroatoms. The van der Waals surface area contributed by atoms with Crippen LogP contribution in [0.4, 0.5) is 0 Å². The Kier molecular flexibility index (Phi) is 4.55. The number of hydrogen-bond acceptors (Lipinski definition) is 3. The van der Waals surface area contributed by atoms with E-state index in [-0.39, 0.29) is 18.3 Å². The van der Waals surface area contributed by atoms with Crippen molar-refractivity contribution >= 4 is 11.8 Å². The Morgan fingerprint density at radius 3 is 2.08 bits per heavy atom. The lowest BCUT2D eigenvalue weighted by Crippen LogP contribution is -2.22. The highest BCUT2D eigenvalue weighted by atomic mass is 16.5. The van der Waals surface area contributed by atoms with Crippen molar-refractivity contribution in [1.29, 1.82) is 0 Å². The predicted octanol–water partition coefficient (Wildman–Crippen LogP) is 1.41. The number of rotatable bonds is 4. The Balaban J connectivity index is 3.80. The van der Waals surface area contributed by atoms with Gasteiger partial charge < -0.3 is 4.74 Å². The zero-order valence-corrected chi connectivity index (χ0v) is 8.09. The van der Waals surface area contributed by atoms with Crippen LogP contribution in [-0.4, -0.2) is 18.4 Å². The van der Waals surface area contributed by atoms with Crippen LogP contribution >= 0.6 is 0 Å². The Bertz CT molecular complexity index is 173. The Morgan fingerprint density at radius 2 is 1.75 bits per heavy atom. The third-order valence-electron chi connectivity index (χ3n) is 1.93. The zero-order chi connectivity index (χ0) is 9.72. The molecule has 0 rings (SSSR count). The maximum atomic E-state index is 11.2. The Hall–Kier alpha value is -0.860. The zero-order valence-electron chi connectivity index (χ0n) is 8.09. The van der Waals surface area contributed by atoms with Crippen LogP contribution in [0, 0.1) is 11.8 Å². The van der Waals surface area contributed by atoms with E-state index in [1.807, 2.05) is 20.8 Å². The van der Waals surface area contributed by atoms with Gasteiger partial charge in [-0.05, 0) is 5.92 Å². The molecule has 0 aliphatic carbocycles. The van der Waals surface area contributed by atoms with Gasteiger partial charge in [-0.3, -0.25) is 9.59 Å². The first kappa shape index (κ1) is 11.1. The number of Topliss-reactive ketones (excluding diaryl/α,β-unsaturated/α-hetero) is 1. The molecule has 0 unspecified atom stereocenters. The number of esters is 1. The van der Waals surface area contributed by atoms with E-state index in [2.05, 4.69) is 4.74 Å². The lowest BCUT2D eigenvalue weighted by atomic mass is 9.94. The molecule has 0 spiro atoms. The minimum Gasteiger partial charge on any atom is -0.458 e. The maximum Gasteiger partial charge on any atom is 0.303 e. The molecule has 0 saturated heterocycles. The van der Waals surface area contributed by atoms with E-state index in [4.69, 9.17) is 0 Å². The molecule has 0 amide bonds. The second kappa shape index (κ2) is 4.91. The largest absolute Gasteiger partial charge is 0.458 e. The molecule has 0 fully saturated rings. The second-order valence-corrected chi connectivity index (χ2v) is 3.28. The predicted molar refractivity (Wildman–Crippen MR) is 45.6 cm³/mol. The first-order chi connectivity index (χ1) is 5.45. The quantitative estimate of drug-likeness (QED) is 0.602. The number of carbonyl (C=O) groups excluding carboxylic acids is 2. The highest BCUT2D eigenvalue weighted by molar-refractivity contribution is 5.83. The molecule has 0 aliphatic heterocycles. The average Bonchev–Trinajstić information content (AvgIpc) is 1.98. The van der Waals surface area contributed by atoms with Crippen LogP contribution in [0.25, 0.3) is 0 Å². The molecule has 0 bridgehead atoms. The standard InChI is InChI=1S/C9H16O3/c1-6(2)7(3)9(11)5-12-8(4)10/h6-7H,5H2,1-4H3/t7-/m0/s1. The van der Waals surface area contributed by atoms with Crippen LogP contribution in [0.5, 0.6) is 0 Å². The molecule has 0 saturated carbocycles. The van der Waals surface area contributed by atoms with E-state index >= 15 is 0 Å². The molecular weight excluding hydrogens is 156 g/mol. The molecule has 1 atom stereocenters. The Morgan fingerprint density at radius 1 is 1.25 bits per heavy atom. The third-order valence-corrected chi connectivity index (χ3v) is 1.93. The van der Waals surface area contributed by atoms with Gasteiger partial charge in [0.2, 0.25) is 0 Å². The minimum atomic E-state index is -0.403. The fraction of sp³-hybridized carbons (Fsp3) is 0.778. The highest BCUT2D eigenvalue weighted by Gasteiger charge is 2.17. The minimum absolute atomic E-state index is 0.0137. The molecule has 0 heterocycles. The van der Waals surface area contributed by atoms with E-state index in [9.17, 15) is 9.59 Å². The van der Waals surface area contributed by atoms with E-state index in [1.165, 1.54) is 6.92 Å². The summed E-state index contributed by atoms with van der Waals surface area (Å²) in [6.45, 7) is 6.99. The van der Waals surface area contributed by atoms with Gasteiger partial charge in [-0.1, -0.05) is 20.8 Å². The van der Waals surface area contributed by atoms with Crippen LogP contribution in [0.15, 0.2) is 0 Å². The summed E-state index contributed by atoms with van der Waals surface area (Å²) in [5.74, 6) is -0.156. The third kappa shape index (κ3) is 4.11. The van der Waals surface area contributed by atoms with Crippen LogP contribution < -0.4 is 0 Å². The van der Waals surface area contributed by atoms with Crippen molar-refractivity contribution in [3.05, 3.63) is 0 Å². The topological polar surface area (TPSA) is 43.4 Å².